The number of nitrogens with zero attached hydrogens (tertiary/aromatic N) is 2. The largest absolute Gasteiger partial charge is 0.496 e. The van der Waals surface area contributed by atoms with Gasteiger partial charge in [0.15, 0.2) is 0 Å². The van der Waals surface area contributed by atoms with E-state index in [9.17, 15) is 0 Å². The van der Waals surface area contributed by atoms with E-state index in [1.165, 1.54) is 16.0 Å². The second-order valence-corrected chi connectivity index (χ2v) is 6.79. The maximum absolute atomic E-state index is 5.54. The van der Waals surface area contributed by atoms with Crippen LogP contribution in [0.1, 0.15) is 28.3 Å². The number of rotatable bonds is 6. The fourth-order valence-corrected chi connectivity index (χ4v) is 3.84. The molecule has 122 valence electrons. The van der Waals surface area contributed by atoms with Crippen molar-refractivity contribution in [2.24, 2.45) is 5.16 Å². The zero-order valence-corrected chi connectivity index (χ0v) is 14.6. The summed E-state index contributed by atoms with van der Waals surface area (Å²) in [6.45, 7) is 1.47. The number of oxime groups is 1. The monoisotopic (exact) mass is 330 g/mol. The van der Waals surface area contributed by atoms with Crippen molar-refractivity contribution in [2.75, 3.05) is 34.4 Å². The smallest absolute Gasteiger partial charge is 0.129 e. The molecule has 0 saturated heterocycles. The first-order valence-corrected chi connectivity index (χ1v) is 8.63. The van der Waals surface area contributed by atoms with Gasteiger partial charge < -0.3 is 14.5 Å². The Morgan fingerprint density at radius 2 is 2.04 bits per heavy atom. The summed E-state index contributed by atoms with van der Waals surface area (Å²) in [6, 6.07) is 10.4. The van der Waals surface area contributed by atoms with Gasteiger partial charge in [-0.2, -0.15) is 0 Å². The zero-order valence-electron chi connectivity index (χ0n) is 13.8. The minimum atomic E-state index is 0.295. The van der Waals surface area contributed by atoms with E-state index in [-0.39, 0.29) is 0 Å². The summed E-state index contributed by atoms with van der Waals surface area (Å²) in [5.41, 5.74) is 3.59. The van der Waals surface area contributed by atoms with E-state index in [0.717, 1.165) is 24.4 Å². The van der Waals surface area contributed by atoms with E-state index in [1.54, 1.807) is 18.4 Å². The average Bonchev–Trinajstić information content (AvgIpc) is 3.14. The van der Waals surface area contributed by atoms with E-state index in [4.69, 9.17) is 9.57 Å². The second kappa shape index (κ2) is 7.15. The summed E-state index contributed by atoms with van der Waals surface area (Å²) in [5.74, 6) is 1.23. The van der Waals surface area contributed by atoms with Gasteiger partial charge in [0.05, 0.1) is 17.7 Å². The molecule has 5 heteroatoms. The molecule has 0 radical (unpaired) electrons. The van der Waals surface area contributed by atoms with Crippen LogP contribution in [0.2, 0.25) is 0 Å². The molecular weight excluding hydrogens is 308 g/mol. The van der Waals surface area contributed by atoms with Gasteiger partial charge in [0.2, 0.25) is 0 Å². The molecule has 4 nitrogen and oxygen atoms in total. The predicted octanol–water partition coefficient (Wildman–Crippen LogP) is 3.57. The predicted molar refractivity (Wildman–Crippen MR) is 94.8 cm³/mol. The molecule has 3 rings (SSSR count). The molecule has 0 amide bonds. The maximum atomic E-state index is 5.54. The van der Waals surface area contributed by atoms with Gasteiger partial charge in [-0.05, 0) is 37.2 Å². The van der Waals surface area contributed by atoms with Crippen LogP contribution in [0.15, 0.2) is 40.9 Å². The lowest BCUT2D eigenvalue weighted by molar-refractivity contribution is 0.126. The van der Waals surface area contributed by atoms with Crippen LogP contribution in [0.25, 0.3) is 0 Å². The Morgan fingerprint density at radius 1 is 1.22 bits per heavy atom. The molecule has 1 aromatic heterocycles. The van der Waals surface area contributed by atoms with Gasteiger partial charge in [0, 0.05) is 24.4 Å². The number of methoxy groups -OCH3 is 1. The molecule has 0 bridgehead atoms. The van der Waals surface area contributed by atoms with Gasteiger partial charge in [-0.15, -0.1) is 11.3 Å². The standard InChI is InChI=1S/C18H22N2O2S/c1-20(2)9-10-22-19-16-12-15(14-8-11-23-18(14)16)13-6-4-5-7-17(13)21-3/h4-8,11,15H,9-10,12H2,1-3H3. The lowest BCUT2D eigenvalue weighted by Crippen LogP contribution is -2.17. The van der Waals surface area contributed by atoms with Crippen LogP contribution in [0.4, 0.5) is 0 Å². The van der Waals surface area contributed by atoms with Crippen molar-refractivity contribution in [3.63, 3.8) is 0 Å². The average molecular weight is 330 g/mol. The van der Waals surface area contributed by atoms with Gasteiger partial charge in [-0.25, -0.2) is 0 Å². The van der Waals surface area contributed by atoms with E-state index < -0.39 is 0 Å². The van der Waals surface area contributed by atoms with Gasteiger partial charge in [0.25, 0.3) is 0 Å². The van der Waals surface area contributed by atoms with Crippen LogP contribution in [-0.4, -0.2) is 45.0 Å². The van der Waals surface area contributed by atoms with Crippen LogP contribution in [0.3, 0.4) is 0 Å². The topological polar surface area (TPSA) is 34.1 Å². The van der Waals surface area contributed by atoms with Crippen LogP contribution >= 0.6 is 11.3 Å². The molecule has 0 aliphatic heterocycles. The number of ether oxygens (including phenoxy) is 1. The summed E-state index contributed by atoms with van der Waals surface area (Å²) in [7, 11) is 5.78. The van der Waals surface area contributed by atoms with Gasteiger partial charge in [-0.3, -0.25) is 0 Å². The molecule has 0 fully saturated rings. The lowest BCUT2D eigenvalue weighted by Gasteiger charge is -2.14. The highest BCUT2D eigenvalue weighted by molar-refractivity contribution is 7.12. The zero-order chi connectivity index (χ0) is 16.2. The van der Waals surface area contributed by atoms with E-state index in [2.05, 4.69) is 33.6 Å². The molecule has 0 saturated carbocycles. The molecule has 23 heavy (non-hydrogen) atoms. The minimum Gasteiger partial charge on any atom is -0.496 e. The Bertz CT molecular complexity index is 694. The summed E-state index contributed by atoms with van der Waals surface area (Å²) >= 11 is 1.73. The van der Waals surface area contributed by atoms with Crippen LogP contribution < -0.4 is 4.74 Å². The first-order valence-electron chi connectivity index (χ1n) is 7.75. The first kappa shape index (κ1) is 16.0. The molecule has 1 unspecified atom stereocenters. The molecule has 1 atom stereocenters. The van der Waals surface area contributed by atoms with Gasteiger partial charge in [0.1, 0.15) is 12.4 Å². The first-order chi connectivity index (χ1) is 11.2. The van der Waals surface area contributed by atoms with E-state index in [0.29, 0.717) is 12.5 Å². The number of para-hydroxylation sites is 1. The Balaban J connectivity index is 1.82. The Morgan fingerprint density at radius 3 is 2.83 bits per heavy atom. The van der Waals surface area contributed by atoms with Crippen molar-refractivity contribution in [1.82, 2.24) is 4.90 Å². The number of fused-ring (bicyclic) bond motifs is 1. The summed E-state index contributed by atoms with van der Waals surface area (Å²) in [4.78, 5) is 8.84. The van der Waals surface area contributed by atoms with E-state index in [1.807, 2.05) is 26.2 Å². The maximum Gasteiger partial charge on any atom is 0.129 e. The van der Waals surface area contributed by atoms with Crippen molar-refractivity contribution in [3.8, 4) is 5.75 Å². The van der Waals surface area contributed by atoms with Crippen molar-refractivity contribution >= 4 is 17.0 Å². The van der Waals surface area contributed by atoms with Crippen molar-refractivity contribution in [2.45, 2.75) is 12.3 Å². The number of hydrogen-bond acceptors (Lipinski definition) is 5. The third kappa shape index (κ3) is 3.41. The van der Waals surface area contributed by atoms with Crippen LogP contribution in [-0.2, 0) is 4.84 Å². The van der Waals surface area contributed by atoms with E-state index >= 15 is 0 Å². The molecule has 2 aromatic rings. The Hall–Kier alpha value is -1.85. The van der Waals surface area contributed by atoms with Crippen LogP contribution in [0.5, 0.6) is 5.75 Å². The Kier molecular flexibility index (Phi) is 4.98. The van der Waals surface area contributed by atoms with Gasteiger partial charge >= 0.3 is 0 Å². The number of likely N-dealkylation sites (N-methyl/N-ethyl adjacent to an activating group) is 1. The number of hydrogen-bond donors (Lipinski definition) is 0. The molecule has 1 heterocycles. The molecule has 1 aliphatic carbocycles. The normalized spacial score (nSPS) is 18.4. The van der Waals surface area contributed by atoms with Gasteiger partial charge in [-0.1, -0.05) is 23.4 Å². The molecule has 0 spiro atoms. The second-order valence-electron chi connectivity index (χ2n) is 5.88. The van der Waals surface area contributed by atoms with Crippen molar-refractivity contribution in [1.29, 1.82) is 0 Å². The highest BCUT2D eigenvalue weighted by Crippen LogP contribution is 2.43. The fraction of sp³-hybridized carbons (Fsp3) is 0.389. The lowest BCUT2D eigenvalue weighted by atomic mass is 9.93. The molecule has 0 N–H and O–H groups in total. The van der Waals surface area contributed by atoms with Crippen molar-refractivity contribution in [3.05, 3.63) is 51.7 Å². The number of thiophene rings is 1. The SMILES string of the molecule is COc1ccccc1C1CC(=NOCCN(C)C)c2sccc21. The molecule has 1 aromatic carbocycles. The Labute approximate surface area is 141 Å². The van der Waals surface area contributed by atoms with Crippen LogP contribution in [0, 0.1) is 0 Å². The fourth-order valence-electron chi connectivity index (χ4n) is 2.88. The highest BCUT2D eigenvalue weighted by atomic mass is 32.1. The molecule has 1 aliphatic rings. The van der Waals surface area contributed by atoms with Crippen molar-refractivity contribution < 1.29 is 9.57 Å². The highest BCUT2D eigenvalue weighted by Gasteiger charge is 2.32. The number of benzene rings is 1. The third-order valence-electron chi connectivity index (χ3n) is 4.05. The quantitative estimate of drug-likeness (QED) is 0.600. The summed E-state index contributed by atoms with van der Waals surface area (Å²) < 4.78 is 5.54. The molecular formula is C18H22N2O2S. The third-order valence-corrected chi connectivity index (χ3v) is 5.03. The summed E-state index contributed by atoms with van der Waals surface area (Å²) in [6.07, 6.45) is 0.865. The minimum absolute atomic E-state index is 0.295. The summed E-state index contributed by atoms with van der Waals surface area (Å²) in [5, 5.41) is 6.53.